The summed E-state index contributed by atoms with van der Waals surface area (Å²) in [5.74, 6) is 2.21. The van der Waals surface area contributed by atoms with E-state index in [0.717, 1.165) is 49.7 Å². The van der Waals surface area contributed by atoms with Crippen LogP contribution in [0.5, 0.6) is 11.5 Å². The predicted octanol–water partition coefficient (Wildman–Crippen LogP) is 6.46. The van der Waals surface area contributed by atoms with Crippen molar-refractivity contribution >= 4 is 12.0 Å². The minimum absolute atomic E-state index is 0.0231. The van der Waals surface area contributed by atoms with Gasteiger partial charge in [-0.05, 0) is 81.3 Å². The zero-order chi connectivity index (χ0) is 24.6. The number of carbonyl (C=O) groups excluding carboxylic acids is 1. The largest absolute Gasteiger partial charge is 0.493 e. The number of ether oxygens (including phenoxy) is 2. The van der Waals surface area contributed by atoms with Crippen LogP contribution < -0.4 is 14.8 Å². The van der Waals surface area contributed by atoms with Gasteiger partial charge in [0.1, 0.15) is 6.61 Å². The smallest absolute Gasteiger partial charge is 0.244 e. The van der Waals surface area contributed by atoms with Crippen LogP contribution >= 0.6 is 0 Å². The van der Waals surface area contributed by atoms with E-state index in [-0.39, 0.29) is 5.91 Å². The third kappa shape index (κ3) is 10.9. The van der Waals surface area contributed by atoms with Crippen LogP contribution in [0.2, 0.25) is 0 Å². The maximum atomic E-state index is 12.3. The van der Waals surface area contributed by atoms with Gasteiger partial charge in [0, 0.05) is 18.7 Å². The molecule has 1 N–H and O–H groups in total. The van der Waals surface area contributed by atoms with E-state index in [1.165, 1.54) is 51.4 Å². The molecule has 0 saturated heterocycles. The van der Waals surface area contributed by atoms with Crippen LogP contribution in [0.4, 0.5) is 0 Å². The molecule has 0 radical (unpaired) electrons. The lowest BCUT2D eigenvalue weighted by Gasteiger charge is -2.26. The topological polar surface area (TPSA) is 50.8 Å². The summed E-state index contributed by atoms with van der Waals surface area (Å²) in [5, 5.41) is 3.14. The normalized spacial score (nSPS) is 18.4. The molecule has 34 heavy (non-hydrogen) atoms. The summed E-state index contributed by atoms with van der Waals surface area (Å²) in [6.07, 6.45) is 15.6. The first-order valence-corrected chi connectivity index (χ1v) is 13.6. The second kappa shape index (κ2) is 16.6. The van der Waals surface area contributed by atoms with Gasteiger partial charge in [-0.1, -0.05) is 52.5 Å². The SMILES string of the molecule is CCCCCN(CCCCC)CCOc1ccc(C=CC(=O)NC2CCC(C)CC2)cc1OC. The quantitative estimate of drug-likeness (QED) is 0.221. The van der Waals surface area contributed by atoms with E-state index < -0.39 is 0 Å². The third-order valence-electron chi connectivity index (χ3n) is 6.80. The number of amides is 1. The molecule has 0 bridgehead atoms. The van der Waals surface area contributed by atoms with Crippen LogP contribution in [-0.4, -0.2) is 50.2 Å². The standard InChI is InChI=1S/C29H48N2O3/c1-5-7-9-19-31(20-10-8-6-2)21-22-34-27-17-13-25(23-28(27)33-4)14-18-29(32)30-26-15-11-24(3)12-16-26/h13-14,17-18,23-24,26H,5-12,15-16,19-22H2,1-4H3,(H,30,32). The molecule has 1 aliphatic rings. The highest BCUT2D eigenvalue weighted by molar-refractivity contribution is 5.92. The molecule has 0 aromatic heterocycles. The van der Waals surface area contributed by atoms with Gasteiger partial charge in [-0.2, -0.15) is 0 Å². The van der Waals surface area contributed by atoms with E-state index in [1.54, 1.807) is 13.2 Å². The molecule has 192 valence electrons. The fourth-order valence-corrected chi connectivity index (χ4v) is 4.52. The van der Waals surface area contributed by atoms with Crippen molar-refractivity contribution in [2.24, 2.45) is 5.92 Å². The molecule has 2 rings (SSSR count). The first-order chi connectivity index (χ1) is 16.5. The molecule has 5 heteroatoms. The van der Waals surface area contributed by atoms with Crippen molar-refractivity contribution in [2.75, 3.05) is 33.4 Å². The lowest BCUT2D eigenvalue weighted by Crippen LogP contribution is -2.36. The Morgan fingerprint density at radius 1 is 1.00 bits per heavy atom. The van der Waals surface area contributed by atoms with Crippen LogP contribution in [-0.2, 0) is 4.79 Å². The molecule has 0 heterocycles. The molecular formula is C29H48N2O3. The molecule has 1 aromatic rings. The Morgan fingerprint density at radius 3 is 2.29 bits per heavy atom. The summed E-state index contributed by atoms with van der Waals surface area (Å²) in [7, 11) is 1.66. The molecule has 1 aromatic carbocycles. The third-order valence-corrected chi connectivity index (χ3v) is 6.80. The van der Waals surface area contributed by atoms with Gasteiger partial charge in [0.2, 0.25) is 5.91 Å². The number of unbranched alkanes of at least 4 members (excludes halogenated alkanes) is 4. The number of hydrogen-bond donors (Lipinski definition) is 1. The molecule has 1 fully saturated rings. The van der Waals surface area contributed by atoms with E-state index in [4.69, 9.17) is 9.47 Å². The Balaban J connectivity index is 1.84. The van der Waals surface area contributed by atoms with E-state index in [9.17, 15) is 4.79 Å². The highest BCUT2D eigenvalue weighted by Gasteiger charge is 2.18. The number of hydrogen-bond acceptors (Lipinski definition) is 4. The molecule has 0 atom stereocenters. The Hall–Kier alpha value is -2.01. The Bertz CT molecular complexity index is 716. The number of nitrogens with one attached hydrogen (secondary N) is 1. The first kappa shape index (κ1) is 28.2. The Kier molecular flexibility index (Phi) is 13.8. The van der Waals surface area contributed by atoms with Crippen molar-refractivity contribution in [1.82, 2.24) is 10.2 Å². The van der Waals surface area contributed by atoms with Crippen LogP contribution in [0.3, 0.4) is 0 Å². The van der Waals surface area contributed by atoms with Gasteiger partial charge in [0.25, 0.3) is 0 Å². The molecule has 0 unspecified atom stereocenters. The Morgan fingerprint density at radius 2 is 1.68 bits per heavy atom. The molecule has 1 amide bonds. The number of nitrogens with zero attached hydrogens (tertiary/aromatic N) is 1. The van der Waals surface area contributed by atoms with Gasteiger partial charge in [-0.25, -0.2) is 0 Å². The van der Waals surface area contributed by atoms with Crippen molar-refractivity contribution in [3.63, 3.8) is 0 Å². The summed E-state index contributed by atoms with van der Waals surface area (Å²) in [6, 6.07) is 6.16. The zero-order valence-electron chi connectivity index (χ0n) is 22.1. The predicted molar refractivity (Wildman–Crippen MR) is 143 cm³/mol. The first-order valence-electron chi connectivity index (χ1n) is 13.6. The number of carbonyl (C=O) groups is 1. The molecular weight excluding hydrogens is 424 g/mol. The van der Waals surface area contributed by atoms with Crippen molar-refractivity contribution in [2.45, 2.75) is 91.0 Å². The van der Waals surface area contributed by atoms with Crippen LogP contribution in [0.1, 0.15) is 90.5 Å². The fourth-order valence-electron chi connectivity index (χ4n) is 4.52. The van der Waals surface area contributed by atoms with E-state index in [1.807, 2.05) is 24.3 Å². The van der Waals surface area contributed by atoms with E-state index in [2.05, 4.69) is 31.0 Å². The van der Waals surface area contributed by atoms with E-state index in [0.29, 0.717) is 18.4 Å². The maximum absolute atomic E-state index is 12.3. The highest BCUT2D eigenvalue weighted by Crippen LogP contribution is 2.28. The molecule has 0 aliphatic heterocycles. The average Bonchev–Trinajstić information content (AvgIpc) is 2.84. The molecule has 5 nitrogen and oxygen atoms in total. The highest BCUT2D eigenvalue weighted by atomic mass is 16.5. The van der Waals surface area contributed by atoms with Gasteiger partial charge in [0.05, 0.1) is 7.11 Å². The summed E-state index contributed by atoms with van der Waals surface area (Å²) in [5.41, 5.74) is 0.928. The fraction of sp³-hybridized carbons (Fsp3) is 0.690. The van der Waals surface area contributed by atoms with Gasteiger partial charge >= 0.3 is 0 Å². The maximum Gasteiger partial charge on any atom is 0.244 e. The van der Waals surface area contributed by atoms with Crippen molar-refractivity contribution in [1.29, 1.82) is 0 Å². The Labute approximate surface area is 208 Å². The van der Waals surface area contributed by atoms with Gasteiger partial charge < -0.3 is 14.8 Å². The van der Waals surface area contributed by atoms with Crippen molar-refractivity contribution in [3.8, 4) is 11.5 Å². The summed E-state index contributed by atoms with van der Waals surface area (Å²) < 4.78 is 11.7. The zero-order valence-corrected chi connectivity index (χ0v) is 22.1. The molecule has 0 spiro atoms. The number of benzene rings is 1. The average molecular weight is 473 g/mol. The monoisotopic (exact) mass is 472 g/mol. The second-order valence-electron chi connectivity index (χ2n) is 9.81. The van der Waals surface area contributed by atoms with Crippen molar-refractivity contribution < 1.29 is 14.3 Å². The van der Waals surface area contributed by atoms with Crippen molar-refractivity contribution in [3.05, 3.63) is 29.8 Å². The lowest BCUT2D eigenvalue weighted by atomic mass is 9.87. The van der Waals surface area contributed by atoms with E-state index >= 15 is 0 Å². The van der Waals surface area contributed by atoms with Gasteiger partial charge in [0.15, 0.2) is 11.5 Å². The van der Waals surface area contributed by atoms with Crippen LogP contribution in [0, 0.1) is 5.92 Å². The summed E-state index contributed by atoms with van der Waals surface area (Å²) in [4.78, 5) is 14.9. The summed E-state index contributed by atoms with van der Waals surface area (Å²) in [6.45, 7) is 10.6. The van der Waals surface area contributed by atoms with Crippen LogP contribution in [0.15, 0.2) is 24.3 Å². The number of methoxy groups -OCH3 is 1. The molecule has 1 aliphatic carbocycles. The minimum Gasteiger partial charge on any atom is -0.493 e. The molecule has 1 saturated carbocycles. The van der Waals surface area contributed by atoms with Gasteiger partial charge in [-0.15, -0.1) is 0 Å². The summed E-state index contributed by atoms with van der Waals surface area (Å²) >= 11 is 0. The van der Waals surface area contributed by atoms with Crippen LogP contribution in [0.25, 0.3) is 6.08 Å². The number of rotatable bonds is 16. The second-order valence-corrected chi connectivity index (χ2v) is 9.81. The lowest BCUT2D eigenvalue weighted by molar-refractivity contribution is -0.117. The van der Waals surface area contributed by atoms with Gasteiger partial charge in [-0.3, -0.25) is 9.69 Å². The minimum atomic E-state index is -0.0231.